The highest BCUT2D eigenvalue weighted by molar-refractivity contribution is 5.87. The third-order valence-corrected chi connectivity index (χ3v) is 5.72. The van der Waals surface area contributed by atoms with Crippen LogP contribution in [0.4, 0.5) is 0 Å². The van der Waals surface area contributed by atoms with E-state index in [4.69, 9.17) is 4.74 Å². The highest BCUT2D eigenvalue weighted by Crippen LogP contribution is 2.57. The third kappa shape index (κ3) is 2.05. The van der Waals surface area contributed by atoms with Crippen LogP contribution in [0.2, 0.25) is 0 Å². The van der Waals surface area contributed by atoms with Gasteiger partial charge in [0.05, 0.1) is 0 Å². The number of carbonyl (C=O) groups is 1. The molecule has 3 bridgehead atoms. The molecule has 0 aromatic heterocycles. The first kappa shape index (κ1) is 13.0. The van der Waals surface area contributed by atoms with Crippen LogP contribution in [0.15, 0.2) is 24.8 Å². The highest BCUT2D eigenvalue weighted by Gasteiger charge is 2.52. The van der Waals surface area contributed by atoms with Gasteiger partial charge in [0.15, 0.2) is 0 Å². The average Bonchev–Trinajstić information content (AvgIpc) is 2.62. The van der Waals surface area contributed by atoms with Crippen molar-refractivity contribution in [1.82, 2.24) is 0 Å². The monoisotopic (exact) mass is 260 g/mol. The zero-order chi connectivity index (χ0) is 13.6. The fraction of sp³-hybridized carbons (Fsp3) is 0.706. The SMILES string of the molecule is C=CC1(OC(=O)C(=C)C)CCC2CC3CC2CC1C3. The number of hydrogen-bond donors (Lipinski definition) is 0. The van der Waals surface area contributed by atoms with Gasteiger partial charge in [-0.1, -0.05) is 13.2 Å². The summed E-state index contributed by atoms with van der Waals surface area (Å²) in [5.74, 6) is 2.81. The summed E-state index contributed by atoms with van der Waals surface area (Å²) in [6.07, 6.45) is 9.29. The molecule has 0 heterocycles. The van der Waals surface area contributed by atoms with Crippen molar-refractivity contribution in [3.63, 3.8) is 0 Å². The molecule has 3 aliphatic rings. The number of fused-ring (bicyclic) bond motifs is 2. The predicted molar refractivity (Wildman–Crippen MR) is 75.5 cm³/mol. The summed E-state index contributed by atoms with van der Waals surface area (Å²) in [5, 5.41) is 0. The van der Waals surface area contributed by atoms with Gasteiger partial charge in [0.25, 0.3) is 0 Å². The van der Waals surface area contributed by atoms with Crippen molar-refractivity contribution in [3.8, 4) is 0 Å². The summed E-state index contributed by atoms with van der Waals surface area (Å²) in [5.41, 5.74) is 0.0604. The van der Waals surface area contributed by atoms with Crippen LogP contribution in [-0.4, -0.2) is 11.6 Å². The fourth-order valence-electron chi connectivity index (χ4n) is 4.75. The zero-order valence-electron chi connectivity index (χ0n) is 11.9. The Labute approximate surface area is 115 Å². The minimum atomic E-state index is -0.428. The van der Waals surface area contributed by atoms with Crippen LogP contribution in [0.1, 0.15) is 45.4 Å². The van der Waals surface area contributed by atoms with E-state index < -0.39 is 5.60 Å². The number of rotatable bonds is 3. The van der Waals surface area contributed by atoms with Gasteiger partial charge < -0.3 is 4.74 Å². The van der Waals surface area contributed by atoms with Crippen LogP contribution in [-0.2, 0) is 9.53 Å². The smallest absolute Gasteiger partial charge is 0.333 e. The van der Waals surface area contributed by atoms with Crippen molar-refractivity contribution in [2.75, 3.05) is 0 Å². The Balaban J connectivity index is 1.87. The van der Waals surface area contributed by atoms with E-state index in [0.29, 0.717) is 11.5 Å². The average molecular weight is 260 g/mol. The molecule has 5 atom stereocenters. The first-order chi connectivity index (χ1) is 9.04. The first-order valence-corrected chi connectivity index (χ1v) is 7.56. The number of carbonyl (C=O) groups excluding carboxylic acids is 1. The van der Waals surface area contributed by atoms with Crippen molar-refractivity contribution in [3.05, 3.63) is 24.8 Å². The van der Waals surface area contributed by atoms with Gasteiger partial charge in [0, 0.05) is 11.5 Å². The van der Waals surface area contributed by atoms with Crippen molar-refractivity contribution < 1.29 is 9.53 Å². The molecule has 0 spiro atoms. The van der Waals surface area contributed by atoms with Gasteiger partial charge in [-0.3, -0.25) is 0 Å². The molecule has 5 unspecified atom stereocenters. The lowest BCUT2D eigenvalue weighted by atomic mass is 9.72. The van der Waals surface area contributed by atoms with Gasteiger partial charge >= 0.3 is 5.97 Å². The largest absolute Gasteiger partial charge is 0.451 e. The lowest BCUT2D eigenvalue weighted by Crippen LogP contribution is -2.42. The molecule has 104 valence electrons. The van der Waals surface area contributed by atoms with Crippen LogP contribution in [0.5, 0.6) is 0 Å². The molecule has 3 saturated carbocycles. The summed E-state index contributed by atoms with van der Waals surface area (Å²) < 4.78 is 5.87. The molecule has 0 aromatic carbocycles. The van der Waals surface area contributed by atoms with E-state index in [1.807, 2.05) is 6.08 Å². The summed E-state index contributed by atoms with van der Waals surface area (Å²) in [6, 6.07) is 0. The molecule has 2 heteroatoms. The summed E-state index contributed by atoms with van der Waals surface area (Å²) >= 11 is 0. The third-order valence-electron chi connectivity index (χ3n) is 5.72. The van der Waals surface area contributed by atoms with Crippen molar-refractivity contribution in [2.24, 2.45) is 23.7 Å². The molecular formula is C17H24O2. The second-order valence-corrected chi connectivity index (χ2v) is 6.89. The van der Waals surface area contributed by atoms with E-state index in [1.54, 1.807) is 6.92 Å². The second kappa shape index (κ2) is 4.50. The van der Waals surface area contributed by atoms with Crippen molar-refractivity contribution in [2.45, 2.75) is 51.0 Å². The quantitative estimate of drug-likeness (QED) is 0.437. The maximum Gasteiger partial charge on any atom is 0.333 e. The van der Waals surface area contributed by atoms with Gasteiger partial charge in [0.2, 0.25) is 0 Å². The predicted octanol–water partition coefficient (Wildman–Crippen LogP) is 3.88. The van der Waals surface area contributed by atoms with Gasteiger partial charge in [0.1, 0.15) is 5.60 Å². The van der Waals surface area contributed by atoms with Gasteiger partial charge in [-0.15, -0.1) is 0 Å². The molecule has 0 saturated heterocycles. The Morgan fingerprint density at radius 3 is 2.68 bits per heavy atom. The Morgan fingerprint density at radius 1 is 1.26 bits per heavy atom. The maximum absolute atomic E-state index is 12.0. The topological polar surface area (TPSA) is 26.3 Å². The van der Waals surface area contributed by atoms with E-state index in [2.05, 4.69) is 13.2 Å². The van der Waals surface area contributed by atoms with Crippen molar-refractivity contribution in [1.29, 1.82) is 0 Å². The van der Waals surface area contributed by atoms with E-state index >= 15 is 0 Å². The maximum atomic E-state index is 12.0. The minimum absolute atomic E-state index is 0.252. The van der Waals surface area contributed by atoms with Gasteiger partial charge in [-0.2, -0.15) is 0 Å². The van der Waals surface area contributed by atoms with Crippen LogP contribution < -0.4 is 0 Å². The Morgan fingerprint density at radius 2 is 2.00 bits per heavy atom. The van der Waals surface area contributed by atoms with Gasteiger partial charge in [-0.25, -0.2) is 4.79 Å². The molecule has 0 N–H and O–H groups in total. The molecule has 0 aromatic rings. The lowest BCUT2D eigenvalue weighted by Gasteiger charge is -2.41. The van der Waals surface area contributed by atoms with E-state index in [0.717, 1.165) is 24.2 Å². The summed E-state index contributed by atoms with van der Waals surface area (Å²) in [6.45, 7) is 9.41. The Kier molecular flexibility index (Phi) is 3.07. The van der Waals surface area contributed by atoms with Crippen LogP contribution in [0, 0.1) is 23.7 Å². The van der Waals surface area contributed by atoms with Gasteiger partial charge in [-0.05, 0) is 69.3 Å². The van der Waals surface area contributed by atoms with Crippen LogP contribution >= 0.6 is 0 Å². The van der Waals surface area contributed by atoms with E-state index in [9.17, 15) is 4.79 Å². The lowest BCUT2D eigenvalue weighted by molar-refractivity contribution is -0.157. The van der Waals surface area contributed by atoms with Crippen LogP contribution in [0.3, 0.4) is 0 Å². The van der Waals surface area contributed by atoms with E-state index in [-0.39, 0.29) is 5.97 Å². The molecule has 3 rings (SSSR count). The minimum Gasteiger partial charge on any atom is -0.451 e. The fourth-order valence-corrected chi connectivity index (χ4v) is 4.75. The molecule has 3 aliphatic carbocycles. The molecule has 0 radical (unpaired) electrons. The summed E-state index contributed by atoms with van der Waals surface area (Å²) in [7, 11) is 0. The summed E-state index contributed by atoms with van der Waals surface area (Å²) in [4.78, 5) is 12.0. The number of ether oxygens (including phenoxy) is 1. The second-order valence-electron chi connectivity index (χ2n) is 6.89. The molecule has 0 aliphatic heterocycles. The Hall–Kier alpha value is -1.05. The first-order valence-electron chi connectivity index (χ1n) is 7.56. The normalized spacial score (nSPS) is 43.6. The van der Waals surface area contributed by atoms with Crippen molar-refractivity contribution >= 4 is 5.97 Å². The van der Waals surface area contributed by atoms with E-state index in [1.165, 1.54) is 32.1 Å². The van der Waals surface area contributed by atoms with Crippen LogP contribution in [0.25, 0.3) is 0 Å². The molecule has 3 fully saturated rings. The number of hydrogen-bond acceptors (Lipinski definition) is 2. The standard InChI is InChI=1S/C17H24O2/c1-4-17(19-16(18)11(2)3)6-5-13-7-12-8-14(13)10-15(17)9-12/h4,12-15H,1-2,5-10H2,3H3. The highest BCUT2D eigenvalue weighted by atomic mass is 16.6. The molecule has 2 nitrogen and oxygen atoms in total. The molecular weight excluding hydrogens is 236 g/mol. The Bertz CT molecular complexity index is 425. The molecule has 0 amide bonds. The zero-order valence-corrected chi connectivity index (χ0v) is 11.9. The molecule has 19 heavy (non-hydrogen) atoms. The number of esters is 1.